The van der Waals surface area contributed by atoms with Gasteiger partial charge in [0.15, 0.2) is 15.1 Å². The Kier molecular flexibility index (Phi) is 10.0. The summed E-state index contributed by atoms with van der Waals surface area (Å²) in [4.78, 5) is -0.178. The van der Waals surface area contributed by atoms with Gasteiger partial charge in [0, 0.05) is 18.2 Å². The molecule has 0 radical (unpaired) electrons. The maximum absolute atomic E-state index is 12.4. The lowest BCUT2D eigenvalue weighted by molar-refractivity contribution is -0.598. The molecule has 0 aliphatic heterocycles. The van der Waals surface area contributed by atoms with Crippen molar-refractivity contribution in [3.63, 3.8) is 0 Å². The largest absolute Gasteiger partial charge is 0.744 e. The number of ether oxygens (including phenoxy) is 4. The molecule has 0 aromatic heterocycles. The second-order valence-corrected chi connectivity index (χ2v) is 11.0. The molecule has 0 saturated carbocycles. The first kappa shape index (κ1) is 28.5. The number of hydrogen-bond acceptors (Lipinski definition) is 7. The molecule has 0 atom stereocenters. The lowest BCUT2D eigenvalue weighted by atomic mass is 10.2. The SMILES string of the molecule is COc1cc(OC)c([I+]c2cccc(OC(F)(F)F)c2)c(OC)c1.Cc1ccc(S(=O)(=O)[O-])cc1. The van der Waals surface area contributed by atoms with E-state index in [1.54, 1.807) is 30.3 Å². The molecule has 190 valence electrons. The number of aryl methyl sites for hydroxylation is 1. The molecule has 0 aliphatic carbocycles. The highest BCUT2D eigenvalue weighted by Crippen LogP contribution is 2.28. The van der Waals surface area contributed by atoms with Crippen LogP contribution in [0.4, 0.5) is 13.2 Å². The maximum Gasteiger partial charge on any atom is 0.573 e. The molecule has 3 rings (SSSR count). The lowest BCUT2D eigenvalue weighted by Gasteiger charge is -2.09. The van der Waals surface area contributed by atoms with Crippen LogP contribution in [0.5, 0.6) is 23.0 Å². The number of benzene rings is 3. The summed E-state index contributed by atoms with van der Waals surface area (Å²) in [5, 5.41) is 0. The van der Waals surface area contributed by atoms with Crippen molar-refractivity contribution in [2.75, 3.05) is 21.3 Å². The summed E-state index contributed by atoms with van der Waals surface area (Å²) < 4.78 is 89.7. The summed E-state index contributed by atoms with van der Waals surface area (Å²) >= 11 is -0.858. The van der Waals surface area contributed by atoms with Gasteiger partial charge in [-0.15, -0.1) is 13.2 Å². The minimum Gasteiger partial charge on any atom is -0.744 e. The van der Waals surface area contributed by atoms with E-state index in [1.807, 2.05) is 6.92 Å². The molecule has 7 nitrogen and oxygen atoms in total. The lowest BCUT2D eigenvalue weighted by Crippen LogP contribution is -3.61. The van der Waals surface area contributed by atoms with Crippen molar-refractivity contribution in [2.45, 2.75) is 18.2 Å². The van der Waals surface area contributed by atoms with E-state index in [1.165, 1.54) is 51.7 Å². The Morgan fingerprint density at radius 3 is 1.86 bits per heavy atom. The summed E-state index contributed by atoms with van der Waals surface area (Å²) in [5.41, 5.74) is 0.928. The molecule has 0 aliphatic rings. The first-order valence-electron chi connectivity index (χ1n) is 9.69. The van der Waals surface area contributed by atoms with E-state index in [4.69, 9.17) is 14.2 Å². The fourth-order valence-electron chi connectivity index (χ4n) is 2.59. The minimum atomic E-state index is -4.72. The van der Waals surface area contributed by atoms with Gasteiger partial charge in [-0.05, 0) is 31.2 Å². The van der Waals surface area contributed by atoms with Crippen molar-refractivity contribution < 1.29 is 66.3 Å². The van der Waals surface area contributed by atoms with E-state index in [0.29, 0.717) is 17.2 Å². The van der Waals surface area contributed by atoms with Crippen LogP contribution in [0.25, 0.3) is 0 Å². The normalized spacial score (nSPS) is 11.2. The van der Waals surface area contributed by atoms with Crippen LogP contribution in [0.3, 0.4) is 0 Å². The molecule has 3 aromatic rings. The summed E-state index contributed by atoms with van der Waals surface area (Å²) in [6.45, 7) is 1.82. The van der Waals surface area contributed by atoms with Crippen molar-refractivity contribution in [3.8, 4) is 23.0 Å². The van der Waals surface area contributed by atoms with E-state index in [2.05, 4.69) is 4.74 Å². The van der Waals surface area contributed by atoms with Gasteiger partial charge in [-0.1, -0.05) is 23.8 Å². The Hall–Kier alpha value is -2.71. The van der Waals surface area contributed by atoms with Crippen LogP contribution in [0, 0.1) is 14.1 Å². The molecule has 0 bridgehead atoms. The van der Waals surface area contributed by atoms with Crippen molar-refractivity contribution in [1.29, 1.82) is 0 Å². The summed E-state index contributed by atoms with van der Waals surface area (Å²) in [6.07, 6.45) is -4.72. The van der Waals surface area contributed by atoms with Crippen LogP contribution in [0.2, 0.25) is 0 Å². The third-order valence-corrected chi connectivity index (χ3v) is 7.94. The number of hydrogen-bond donors (Lipinski definition) is 0. The van der Waals surface area contributed by atoms with E-state index < -0.39 is 37.7 Å². The first-order valence-corrected chi connectivity index (χ1v) is 13.3. The molecular formula is C23H22F3IO7S. The van der Waals surface area contributed by atoms with Crippen LogP contribution in [-0.2, 0) is 10.1 Å². The van der Waals surface area contributed by atoms with Gasteiger partial charge in [-0.3, -0.25) is 0 Å². The Morgan fingerprint density at radius 2 is 1.40 bits per heavy atom. The van der Waals surface area contributed by atoms with Crippen molar-refractivity contribution >= 4 is 10.1 Å². The Bertz CT molecular complexity index is 1210. The highest BCUT2D eigenvalue weighted by Gasteiger charge is 2.33. The predicted molar refractivity (Wildman–Crippen MR) is 116 cm³/mol. The van der Waals surface area contributed by atoms with Crippen LogP contribution in [0.15, 0.2) is 65.6 Å². The summed E-state index contributed by atoms with van der Waals surface area (Å²) in [7, 11) is 0.296. The zero-order chi connectivity index (χ0) is 26.2. The van der Waals surface area contributed by atoms with Crippen molar-refractivity contribution in [1.82, 2.24) is 0 Å². The van der Waals surface area contributed by atoms with Crippen molar-refractivity contribution in [3.05, 3.63) is 73.4 Å². The highest BCUT2D eigenvalue weighted by molar-refractivity contribution is 7.85. The Balaban J connectivity index is 0.000000328. The van der Waals surface area contributed by atoms with Gasteiger partial charge < -0.3 is 23.5 Å². The zero-order valence-corrected chi connectivity index (χ0v) is 22.0. The van der Waals surface area contributed by atoms with Gasteiger partial charge in [0.1, 0.15) is 21.6 Å². The van der Waals surface area contributed by atoms with E-state index in [9.17, 15) is 26.1 Å². The highest BCUT2D eigenvalue weighted by atomic mass is 127. The number of methoxy groups -OCH3 is 3. The number of rotatable bonds is 7. The minimum absolute atomic E-state index is 0.178. The van der Waals surface area contributed by atoms with Gasteiger partial charge >= 0.3 is 27.6 Å². The smallest absolute Gasteiger partial charge is 0.573 e. The Labute approximate surface area is 211 Å². The quantitative estimate of drug-likeness (QED) is 0.291. The average molecular weight is 626 g/mol. The monoisotopic (exact) mass is 626 g/mol. The predicted octanol–water partition coefficient (Wildman–Crippen LogP) is 1.64. The molecule has 12 heteroatoms. The van der Waals surface area contributed by atoms with Gasteiger partial charge in [0.25, 0.3) is 3.57 Å². The van der Waals surface area contributed by atoms with Crippen molar-refractivity contribution in [2.24, 2.45) is 0 Å². The zero-order valence-electron chi connectivity index (χ0n) is 19.1. The third kappa shape index (κ3) is 9.11. The molecule has 0 unspecified atom stereocenters. The topological polar surface area (TPSA) is 94.1 Å². The molecule has 0 saturated heterocycles. The second-order valence-electron chi connectivity index (χ2n) is 6.71. The number of alkyl halides is 3. The second kappa shape index (κ2) is 12.3. The molecule has 0 amide bonds. The third-order valence-electron chi connectivity index (χ3n) is 4.20. The molecular weight excluding hydrogens is 604 g/mol. The average Bonchev–Trinajstić information content (AvgIpc) is 2.78. The van der Waals surface area contributed by atoms with Gasteiger partial charge in [-0.2, -0.15) is 0 Å². The van der Waals surface area contributed by atoms with Gasteiger partial charge in [-0.25, -0.2) is 8.42 Å². The van der Waals surface area contributed by atoms with Crippen LogP contribution < -0.4 is 40.2 Å². The first-order chi connectivity index (χ1) is 16.4. The molecule has 0 fully saturated rings. The Morgan fingerprint density at radius 1 is 0.829 bits per heavy atom. The summed E-state index contributed by atoms with van der Waals surface area (Å²) in [6, 6.07) is 15.1. The molecule has 0 N–H and O–H groups in total. The van der Waals surface area contributed by atoms with E-state index in [-0.39, 0.29) is 10.6 Å². The maximum atomic E-state index is 12.4. The fourth-order valence-corrected chi connectivity index (χ4v) is 5.82. The van der Waals surface area contributed by atoms with Gasteiger partial charge in [0.05, 0.1) is 26.2 Å². The molecule has 35 heavy (non-hydrogen) atoms. The summed E-state index contributed by atoms with van der Waals surface area (Å²) in [5.74, 6) is 1.47. The molecule has 0 heterocycles. The molecule has 3 aromatic carbocycles. The van der Waals surface area contributed by atoms with E-state index in [0.717, 1.165) is 12.7 Å². The van der Waals surface area contributed by atoms with Crippen LogP contribution >= 0.6 is 0 Å². The van der Waals surface area contributed by atoms with Crippen LogP contribution in [-0.4, -0.2) is 40.7 Å². The van der Waals surface area contributed by atoms with Crippen LogP contribution in [0.1, 0.15) is 5.56 Å². The molecule has 0 spiro atoms. The standard InChI is InChI=1S/C16H15F3IO4.C7H8O3S/c1-21-12-8-13(22-2)15(14(9-12)23-3)20-10-5-4-6-11(7-10)24-16(17,18)19;1-6-2-4-7(5-3-6)11(8,9)10/h4-9H,1-3H3;2-5H,1H3,(H,8,9,10)/q+1;/p-1. The number of halogens is 4. The fraction of sp³-hybridized carbons (Fsp3) is 0.217. The van der Waals surface area contributed by atoms with Gasteiger partial charge in [0.2, 0.25) is 0 Å². The van der Waals surface area contributed by atoms with E-state index >= 15 is 0 Å².